The lowest BCUT2D eigenvalue weighted by Gasteiger charge is -2.35. The summed E-state index contributed by atoms with van der Waals surface area (Å²) in [5, 5.41) is 3.04. The number of hydrogen-bond donors (Lipinski definition) is 2. The van der Waals surface area contributed by atoms with Crippen LogP contribution >= 0.6 is 12.4 Å². The van der Waals surface area contributed by atoms with Crippen LogP contribution in [0.5, 0.6) is 0 Å². The first-order valence-electron chi connectivity index (χ1n) is 9.46. The summed E-state index contributed by atoms with van der Waals surface area (Å²) in [4.78, 5) is 26.9. The monoisotopic (exact) mass is 381 g/mol. The van der Waals surface area contributed by atoms with Crippen LogP contribution in [0.4, 0.5) is 0 Å². The van der Waals surface area contributed by atoms with Gasteiger partial charge in [-0.2, -0.15) is 0 Å². The SMILES string of the molecule is CCCC(N)C(=O)NC1CCN(C(=O)C(CC)c2ccccc2)CC1.Cl. The summed E-state index contributed by atoms with van der Waals surface area (Å²) in [6.45, 7) is 5.46. The number of nitrogens with two attached hydrogens (primary N) is 1. The average Bonchev–Trinajstić information content (AvgIpc) is 2.64. The molecule has 6 heteroatoms. The molecule has 1 aromatic carbocycles. The van der Waals surface area contributed by atoms with Gasteiger partial charge in [0.15, 0.2) is 0 Å². The molecule has 146 valence electrons. The minimum Gasteiger partial charge on any atom is -0.352 e. The minimum absolute atomic E-state index is 0. The van der Waals surface area contributed by atoms with Gasteiger partial charge in [-0.3, -0.25) is 9.59 Å². The van der Waals surface area contributed by atoms with Crippen LogP contribution in [0.1, 0.15) is 57.4 Å². The second kappa shape index (κ2) is 11.2. The Balaban J connectivity index is 0.00000338. The molecule has 1 heterocycles. The van der Waals surface area contributed by atoms with Crippen molar-refractivity contribution in [2.45, 2.75) is 64.0 Å². The minimum atomic E-state index is -0.424. The lowest BCUT2D eigenvalue weighted by atomic mass is 9.93. The van der Waals surface area contributed by atoms with Gasteiger partial charge in [0.25, 0.3) is 0 Å². The number of halogens is 1. The van der Waals surface area contributed by atoms with Crippen molar-refractivity contribution < 1.29 is 9.59 Å². The van der Waals surface area contributed by atoms with E-state index in [0.29, 0.717) is 19.5 Å². The summed E-state index contributed by atoms with van der Waals surface area (Å²) < 4.78 is 0. The Hall–Kier alpha value is -1.59. The third-order valence-corrected chi connectivity index (χ3v) is 5.00. The number of amides is 2. The smallest absolute Gasteiger partial charge is 0.237 e. The summed E-state index contributed by atoms with van der Waals surface area (Å²) in [5.74, 6) is 0.0498. The topological polar surface area (TPSA) is 75.4 Å². The molecule has 1 fully saturated rings. The fraction of sp³-hybridized carbons (Fsp3) is 0.600. The van der Waals surface area contributed by atoms with Gasteiger partial charge in [0.1, 0.15) is 0 Å². The number of piperidine rings is 1. The number of carbonyl (C=O) groups excluding carboxylic acids is 2. The van der Waals surface area contributed by atoms with Crippen molar-refractivity contribution in [2.75, 3.05) is 13.1 Å². The van der Waals surface area contributed by atoms with Crippen LogP contribution in [-0.4, -0.2) is 41.9 Å². The van der Waals surface area contributed by atoms with Crippen molar-refractivity contribution in [3.05, 3.63) is 35.9 Å². The maximum atomic E-state index is 12.9. The molecular weight excluding hydrogens is 350 g/mol. The standard InChI is InChI=1S/C20H31N3O2.ClH/c1-3-8-18(21)19(24)22-16-11-13-23(14-12-16)20(25)17(4-2)15-9-6-5-7-10-15;/h5-7,9-10,16-18H,3-4,8,11-14,21H2,1-2H3,(H,22,24);1H. The summed E-state index contributed by atoms with van der Waals surface area (Å²) in [6, 6.07) is 9.67. The first-order chi connectivity index (χ1) is 12.1. The molecule has 2 rings (SSSR count). The number of nitrogens with zero attached hydrogens (tertiary/aromatic N) is 1. The Bertz CT molecular complexity index is 559. The molecule has 2 unspecified atom stereocenters. The van der Waals surface area contributed by atoms with Crippen molar-refractivity contribution in [3.8, 4) is 0 Å². The van der Waals surface area contributed by atoms with Gasteiger partial charge in [0.05, 0.1) is 12.0 Å². The van der Waals surface area contributed by atoms with Gasteiger partial charge < -0.3 is 16.0 Å². The zero-order valence-corrected chi connectivity index (χ0v) is 16.6. The highest BCUT2D eigenvalue weighted by atomic mass is 35.5. The molecule has 0 radical (unpaired) electrons. The second-order valence-corrected chi connectivity index (χ2v) is 6.87. The molecule has 0 bridgehead atoms. The molecule has 3 N–H and O–H groups in total. The van der Waals surface area contributed by atoms with Crippen molar-refractivity contribution in [2.24, 2.45) is 5.73 Å². The lowest BCUT2D eigenvalue weighted by molar-refractivity contribution is -0.134. The molecule has 0 saturated carbocycles. The van der Waals surface area contributed by atoms with Crippen LogP contribution in [0.25, 0.3) is 0 Å². The Morgan fingerprint density at radius 1 is 1.19 bits per heavy atom. The molecule has 5 nitrogen and oxygen atoms in total. The normalized spacial score (nSPS) is 17.1. The van der Waals surface area contributed by atoms with E-state index in [-0.39, 0.29) is 36.2 Å². The number of rotatable bonds is 7. The third-order valence-electron chi connectivity index (χ3n) is 5.00. The predicted molar refractivity (Wildman–Crippen MR) is 107 cm³/mol. The molecule has 1 aliphatic rings. The van der Waals surface area contributed by atoms with E-state index in [1.165, 1.54) is 0 Å². The average molecular weight is 382 g/mol. The molecule has 0 aromatic heterocycles. The molecule has 2 amide bonds. The van der Waals surface area contributed by atoms with Crippen LogP contribution in [0.3, 0.4) is 0 Å². The van der Waals surface area contributed by atoms with Crippen molar-refractivity contribution in [3.63, 3.8) is 0 Å². The molecule has 1 saturated heterocycles. The van der Waals surface area contributed by atoms with Gasteiger partial charge in [-0.15, -0.1) is 12.4 Å². The first-order valence-corrected chi connectivity index (χ1v) is 9.46. The molecular formula is C20H32ClN3O2. The molecule has 26 heavy (non-hydrogen) atoms. The number of nitrogens with one attached hydrogen (secondary N) is 1. The molecule has 0 spiro atoms. The van der Waals surface area contributed by atoms with E-state index in [1.54, 1.807) is 0 Å². The fourth-order valence-corrected chi connectivity index (χ4v) is 3.45. The van der Waals surface area contributed by atoms with E-state index >= 15 is 0 Å². The lowest BCUT2D eigenvalue weighted by Crippen LogP contribution is -2.51. The van der Waals surface area contributed by atoms with Crippen LogP contribution in [0.15, 0.2) is 30.3 Å². The Morgan fingerprint density at radius 3 is 2.35 bits per heavy atom. The zero-order chi connectivity index (χ0) is 18.2. The maximum absolute atomic E-state index is 12.9. The Labute approximate surface area is 163 Å². The van der Waals surface area contributed by atoms with Crippen molar-refractivity contribution >= 4 is 24.2 Å². The highest BCUT2D eigenvalue weighted by Crippen LogP contribution is 2.24. The van der Waals surface area contributed by atoms with E-state index < -0.39 is 6.04 Å². The molecule has 1 aromatic rings. The van der Waals surface area contributed by atoms with Crippen molar-refractivity contribution in [1.82, 2.24) is 10.2 Å². The summed E-state index contributed by atoms with van der Waals surface area (Å²) in [5.41, 5.74) is 6.95. The first kappa shape index (κ1) is 22.5. The van der Waals surface area contributed by atoms with Crippen LogP contribution < -0.4 is 11.1 Å². The van der Waals surface area contributed by atoms with Crippen molar-refractivity contribution in [1.29, 1.82) is 0 Å². The van der Waals surface area contributed by atoms with Gasteiger partial charge in [-0.1, -0.05) is 50.6 Å². The van der Waals surface area contributed by atoms with Gasteiger partial charge in [0, 0.05) is 19.1 Å². The van der Waals surface area contributed by atoms with Gasteiger partial charge in [-0.25, -0.2) is 0 Å². The van der Waals surface area contributed by atoms with Gasteiger partial charge in [-0.05, 0) is 31.2 Å². The molecule has 0 aliphatic carbocycles. The van der Waals surface area contributed by atoms with E-state index in [0.717, 1.165) is 31.2 Å². The quantitative estimate of drug-likeness (QED) is 0.762. The predicted octanol–water partition coefficient (Wildman–Crippen LogP) is 2.84. The number of likely N-dealkylation sites (tertiary alicyclic amines) is 1. The second-order valence-electron chi connectivity index (χ2n) is 6.87. The highest BCUT2D eigenvalue weighted by molar-refractivity contribution is 5.85. The van der Waals surface area contributed by atoms with Crippen LogP contribution in [-0.2, 0) is 9.59 Å². The van der Waals surface area contributed by atoms with Crippen LogP contribution in [0, 0.1) is 0 Å². The van der Waals surface area contributed by atoms with Gasteiger partial charge >= 0.3 is 0 Å². The fourth-order valence-electron chi connectivity index (χ4n) is 3.45. The third kappa shape index (κ3) is 5.99. The van der Waals surface area contributed by atoms with E-state index in [4.69, 9.17) is 5.73 Å². The Morgan fingerprint density at radius 2 is 1.81 bits per heavy atom. The number of benzene rings is 1. The summed E-state index contributed by atoms with van der Waals surface area (Å²) >= 11 is 0. The summed E-state index contributed by atoms with van der Waals surface area (Å²) in [7, 11) is 0. The molecule has 1 aliphatic heterocycles. The zero-order valence-electron chi connectivity index (χ0n) is 15.8. The summed E-state index contributed by atoms with van der Waals surface area (Å²) in [6.07, 6.45) is 3.99. The van der Waals surface area contributed by atoms with E-state index in [2.05, 4.69) is 12.2 Å². The highest BCUT2D eigenvalue weighted by Gasteiger charge is 2.29. The van der Waals surface area contributed by atoms with E-state index in [9.17, 15) is 9.59 Å². The van der Waals surface area contributed by atoms with Gasteiger partial charge in [0.2, 0.25) is 11.8 Å². The largest absolute Gasteiger partial charge is 0.352 e. The number of carbonyl (C=O) groups is 2. The Kier molecular flexibility index (Phi) is 9.66. The van der Waals surface area contributed by atoms with Crippen LogP contribution in [0.2, 0.25) is 0 Å². The number of hydrogen-bond acceptors (Lipinski definition) is 3. The maximum Gasteiger partial charge on any atom is 0.237 e. The molecule has 2 atom stereocenters. The van der Waals surface area contributed by atoms with E-state index in [1.807, 2.05) is 42.2 Å².